The summed E-state index contributed by atoms with van der Waals surface area (Å²) in [5.41, 5.74) is 2.48. The van der Waals surface area contributed by atoms with Crippen LogP contribution in [0.5, 0.6) is 0 Å². The average molecular weight is 339 g/mol. The molecule has 0 radical (unpaired) electrons. The first-order valence-corrected chi connectivity index (χ1v) is 8.40. The quantitative estimate of drug-likeness (QED) is 0.734. The summed E-state index contributed by atoms with van der Waals surface area (Å²) in [6.07, 6.45) is 4.00. The van der Waals surface area contributed by atoms with Crippen molar-refractivity contribution in [2.75, 3.05) is 13.1 Å². The molecular formula is C17H17Cl2FN2. The molecule has 0 bridgehead atoms. The fourth-order valence-corrected chi connectivity index (χ4v) is 4.42. The van der Waals surface area contributed by atoms with Crippen molar-refractivity contribution in [3.05, 3.63) is 40.3 Å². The highest BCUT2D eigenvalue weighted by atomic mass is 35.5. The zero-order chi connectivity index (χ0) is 15.4. The van der Waals surface area contributed by atoms with Crippen LogP contribution in [0.15, 0.2) is 18.7 Å². The van der Waals surface area contributed by atoms with Crippen LogP contribution < -0.4 is 0 Å². The van der Waals surface area contributed by atoms with E-state index in [9.17, 15) is 4.39 Å². The third-order valence-electron chi connectivity index (χ3n) is 5.18. The summed E-state index contributed by atoms with van der Waals surface area (Å²) >= 11 is 12.2. The number of halogens is 3. The second-order valence-electron chi connectivity index (χ2n) is 6.43. The summed E-state index contributed by atoms with van der Waals surface area (Å²) in [4.78, 5) is 5.58. The van der Waals surface area contributed by atoms with Gasteiger partial charge in [-0.05, 0) is 36.8 Å². The Morgan fingerprint density at radius 2 is 1.91 bits per heavy atom. The highest BCUT2D eigenvalue weighted by molar-refractivity contribution is 6.40. The third kappa shape index (κ3) is 2.14. The Morgan fingerprint density at radius 1 is 1.23 bits per heavy atom. The van der Waals surface area contributed by atoms with Crippen molar-refractivity contribution in [2.45, 2.75) is 19.3 Å². The zero-order valence-corrected chi connectivity index (χ0v) is 13.6. The van der Waals surface area contributed by atoms with Crippen molar-refractivity contribution in [1.29, 1.82) is 0 Å². The van der Waals surface area contributed by atoms with E-state index in [-0.39, 0.29) is 5.02 Å². The van der Waals surface area contributed by atoms with Crippen molar-refractivity contribution in [2.24, 2.45) is 11.8 Å². The summed E-state index contributed by atoms with van der Waals surface area (Å²) < 4.78 is 13.7. The molecule has 22 heavy (non-hydrogen) atoms. The molecule has 1 saturated carbocycles. The van der Waals surface area contributed by atoms with Crippen LogP contribution in [-0.4, -0.2) is 23.0 Å². The van der Waals surface area contributed by atoms with E-state index in [0.717, 1.165) is 36.3 Å². The molecule has 2 atom stereocenters. The number of aromatic nitrogens is 1. The smallest absolute Gasteiger partial charge is 0.144 e. The minimum Gasteiger partial charge on any atom is -0.370 e. The summed E-state index contributed by atoms with van der Waals surface area (Å²) in [5, 5.41) is 1.06. The van der Waals surface area contributed by atoms with E-state index in [1.807, 2.05) is 6.07 Å². The highest BCUT2D eigenvalue weighted by Gasteiger charge is 2.36. The van der Waals surface area contributed by atoms with Crippen LogP contribution in [0.4, 0.5) is 4.39 Å². The first-order chi connectivity index (χ1) is 10.5. The number of nitrogens with zero attached hydrogens (tertiary/aromatic N) is 1. The van der Waals surface area contributed by atoms with Gasteiger partial charge in [-0.25, -0.2) is 4.39 Å². The number of likely N-dealkylation sites (tertiary alicyclic amines) is 1. The predicted octanol–water partition coefficient (Wildman–Crippen LogP) is 5.32. The normalized spacial score (nSPS) is 24.2. The van der Waals surface area contributed by atoms with Gasteiger partial charge in [-0.2, -0.15) is 0 Å². The van der Waals surface area contributed by atoms with E-state index in [0.29, 0.717) is 15.9 Å². The Bertz CT molecular complexity index is 756. The van der Waals surface area contributed by atoms with Crippen LogP contribution in [-0.2, 0) is 0 Å². The SMILES string of the molecule is C=C(c1cc2c(Cl)c(F)cc(Cl)c2[nH]1)N1CC2CCCC2C1. The Balaban J connectivity index is 1.68. The van der Waals surface area contributed by atoms with Gasteiger partial charge in [0.15, 0.2) is 0 Å². The minimum atomic E-state index is -0.494. The molecule has 2 fully saturated rings. The molecule has 1 N–H and O–H groups in total. The molecule has 1 aliphatic heterocycles. The van der Waals surface area contributed by atoms with E-state index in [1.165, 1.54) is 25.3 Å². The first-order valence-electron chi connectivity index (χ1n) is 7.65. The number of hydrogen-bond donors (Lipinski definition) is 1. The number of fused-ring (bicyclic) bond motifs is 2. The number of nitrogens with one attached hydrogen (secondary N) is 1. The van der Waals surface area contributed by atoms with Gasteiger partial charge in [-0.3, -0.25) is 0 Å². The lowest BCUT2D eigenvalue weighted by Crippen LogP contribution is -2.19. The van der Waals surface area contributed by atoms with Gasteiger partial charge in [0.2, 0.25) is 0 Å². The molecule has 1 aromatic heterocycles. The van der Waals surface area contributed by atoms with Gasteiger partial charge in [0.1, 0.15) is 5.82 Å². The van der Waals surface area contributed by atoms with E-state index in [1.54, 1.807) is 0 Å². The Kier molecular flexibility index (Phi) is 3.39. The molecule has 0 amide bonds. The standard InChI is InChI=1S/C17H17Cl2FN2/c1-9(22-7-10-3-2-4-11(10)8-22)15-5-12-16(19)14(20)6-13(18)17(12)21-15/h5-6,10-11,21H,1-4,7-8H2. The van der Waals surface area contributed by atoms with Crippen LogP contribution in [0.25, 0.3) is 16.6 Å². The molecular weight excluding hydrogens is 322 g/mol. The van der Waals surface area contributed by atoms with Crippen molar-refractivity contribution < 1.29 is 4.39 Å². The lowest BCUT2D eigenvalue weighted by Gasteiger charge is -2.21. The lowest BCUT2D eigenvalue weighted by atomic mass is 10.0. The molecule has 2 aliphatic rings. The summed E-state index contributed by atoms with van der Waals surface area (Å²) in [6.45, 7) is 6.35. The molecule has 2 aromatic rings. The Morgan fingerprint density at radius 3 is 2.59 bits per heavy atom. The summed E-state index contributed by atoms with van der Waals surface area (Å²) in [7, 11) is 0. The lowest BCUT2D eigenvalue weighted by molar-refractivity contribution is 0.442. The molecule has 2 unspecified atom stereocenters. The highest BCUT2D eigenvalue weighted by Crippen LogP contribution is 2.41. The molecule has 1 aromatic carbocycles. The molecule has 0 spiro atoms. The molecule has 5 heteroatoms. The summed E-state index contributed by atoms with van der Waals surface area (Å²) in [5.74, 6) is 1.10. The molecule has 1 aliphatic carbocycles. The second-order valence-corrected chi connectivity index (χ2v) is 7.21. The number of hydrogen-bond acceptors (Lipinski definition) is 1. The number of rotatable bonds is 2. The average Bonchev–Trinajstić information content (AvgIpc) is 3.17. The second kappa shape index (κ2) is 5.17. The van der Waals surface area contributed by atoms with Gasteiger partial charge in [0.25, 0.3) is 0 Å². The van der Waals surface area contributed by atoms with Crippen LogP contribution in [0.3, 0.4) is 0 Å². The van der Waals surface area contributed by atoms with Gasteiger partial charge >= 0.3 is 0 Å². The van der Waals surface area contributed by atoms with Crippen LogP contribution >= 0.6 is 23.2 Å². The maximum absolute atomic E-state index is 13.7. The van der Waals surface area contributed by atoms with Crippen LogP contribution in [0, 0.1) is 17.7 Å². The monoisotopic (exact) mass is 338 g/mol. The molecule has 1 saturated heterocycles. The van der Waals surface area contributed by atoms with Crippen molar-refractivity contribution in [3.63, 3.8) is 0 Å². The zero-order valence-electron chi connectivity index (χ0n) is 12.1. The van der Waals surface area contributed by atoms with Gasteiger partial charge in [0, 0.05) is 18.5 Å². The maximum Gasteiger partial charge on any atom is 0.144 e. The molecule has 116 valence electrons. The fraction of sp³-hybridized carbons (Fsp3) is 0.412. The van der Waals surface area contributed by atoms with Crippen LogP contribution in [0.1, 0.15) is 25.0 Å². The third-order valence-corrected chi connectivity index (χ3v) is 5.86. The van der Waals surface area contributed by atoms with Gasteiger partial charge in [-0.15, -0.1) is 0 Å². The number of benzene rings is 1. The predicted molar refractivity (Wildman–Crippen MR) is 89.7 cm³/mol. The topological polar surface area (TPSA) is 19.0 Å². The van der Waals surface area contributed by atoms with E-state index in [2.05, 4.69) is 16.5 Å². The Hall–Kier alpha value is -1.19. The van der Waals surface area contributed by atoms with Crippen molar-refractivity contribution in [1.82, 2.24) is 9.88 Å². The van der Waals surface area contributed by atoms with Crippen molar-refractivity contribution >= 4 is 39.8 Å². The van der Waals surface area contributed by atoms with E-state index >= 15 is 0 Å². The first kappa shape index (κ1) is 14.4. The van der Waals surface area contributed by atoms with Gasteiger partial charge < -0.3 is 9.88 Å². The number of H-pyrrole nitrogens is 1. The minimum absolute atomic E-state index is 0.105. The van der Waals surface area contributed by atoms with Gasteiger partial charge in [-0.1, -0.05) is 36.2 Å². The van der Waals surface area contributed by atoms with Crippen molar-refractivity contribution in [3.8, 4) is 0 Å². The molecule has 2 heterocycles. The van der Waals surface area contributed by atoms with Crippen LogP contribution in [0.2, 0.25) is 10.0 Å². The molecule has 2 nitrogen and oxygen atoms in total. The van der Waals surface area contributed by atoms with E-state index < -0.39 is 5.82 Å². The largest absolute Gasteiger partial charge is 0.370 e. The Labute approximate surface area is 138 Å². The number of aromatic amines is 1. The fourth-order valence-electron chi connectivity index (χ4n) is 3.97. The molecule has 4 rings (SSSR count). The van der Waals surface area contributed by atoms with Gasteiger partial charge in [0.05, 0.1) is 27.0 Å². The summed E-state index contributed by atoms with van der Waals surface area (Å²) in [6, 6.07) is 3.10. The maximum atomic E-state index is 13.7. The van der Waals surface area contributed by atoms with E-state index in [4.69, 9.17) is 23.2 Å².